The van der Waals surface area contributed by atoms with Crippen LogP contribution in [-0.2, 0) is 19.4 Å². The summed E-state index contributed by atoms with van der Waals surface area (Å²) in [6.07, 6.45) is 4.89. The number of aromatic hydroxyl groups is 2. The van der Waals surface area contributed by atoms with Crippen molar-refractivity contribution in [2.75, 3.05) is 5.32 Å². The minimum absolute atomic E-state index is 0.0638. The molecule has 0 unspecified atom stereocenters. The Bertz CT molecular complexity index is 1090. The molecule has 0 radical (unpaired) electrons. The summed E-state index contributed by atoms with van der Waals surface area (Å²) in [6, 6.07) is 14.5. The maximum atomic E-state index is 11.0. The van der Waals surface area contributed by atoms with Gasteiger partial charge >= 0.3 is 0 Å². The third kappa shape index (κ3) is 4.99. The summed E-state index contributed by atoms with van der Waals surface area (Å²) in [5, 5.41) is 25.7. The van der Waals surface area contributed by atoms with Gasteiger partial charge in [-0.3, -0.25) is 0 Å². The van der Waals surface area contributed by atoms with Gasteiger partial charge in [-0.25, -0.2) is 0 Å². The van der Waals surface area contributed by atoms with Gasteiger partial charge in [0, 0.05) is 17.7 Å². The molecule has 0 aliphatic rings. The average molecular weight is 440 g/mol. The van der Waals surface area contributed by atoms with Gasteiger partial charge in [-0.05, 0) is 65.9 Å². The lowest BCUT2D eigenvalue weighted by atomic mass is 9.96. The fraction of sp³-hybridized carbons (Fsp3) is 0.120. The van der Waals surface area contributed by atoms with Crippen molar-refractivity contribution < 1.29 is 10.2 Å². The zero-order chi connectivity index (χ0) is 21.7. The topological polar surface area (TPSA) is 52.5 Å². The van der Waals surface area contributed by atoms with E-state index in [1.807, 2.05) is 30.3 Å². The van der Waals surface area contributed by atoms with Crippen LogP contribution in [0.5, 0.6) is 11.5 Å². The monoisotopic (exact) mass is 439 g/mol. The van der Waals surface area contributed by atoms with Crippen LogP contribution in [0.1, 0.15) is 16.7 Å². The molecule has 0 heterocycles. The zero-order valence-corrected chi connectivity index (χ0v) is 18.0. The van der Waals surface area contributed by atoms with Crippen LogP contribution < -0.4 is 5.32 Å². The molecule has 154 valence electrons. The van der Waals surface area contributed by atoms with Gasteiger partial charge in [-0.2, -0.15) is 0 Å². The Hall–Kier alpha value is -2.88. The molecule has 5 heteroatoms. The van der Waals surface area contributed by atoms with Crippen molar-refractivity contribution in [1.29, 1.82) is 0 Å². The minimum Gasteiger partial charge on any atom is -0.507 e. The number of halogens is 2. The maximum absolute atomic E-state index is 11.0. The van der Waals surface area contributed by atoms with Gasteiger partial charge in [-0.1, -0.05) is 47.5 Å². The van der Waals surface area contributed by atoms with Crippen molar-refractivity contribution in [1.82, 2.24) is 0 Å². The van der Waals surface area contributed by atoms with Crippen LogP contribution in [0, 0.1) is 0 Å². The van der Waals surface area contributed by atoms with Crippen LogP contribution in [0.4, 0.5) is 5.69 Å². The first-order valence-electron chi connectivity index (χ1n) is 9.50. The van der Waals surface area contributed by atoms with Gasteiger partial charge in [0.05, 0.1) is 15.7 Å². The molecule has 0 amide bonds. The third-order valence-electron chi connectivity index (χ3n) is 4.75. The van der Waals surface area contributed by atoms with Crippen LogP contribution in [0.25, 0.3) is 11.1 Å². The summed E-state index contributed by atoms with van der Waals surface area (Å²) in [6.45, 7) is 8.02. The number of hydrogen-bond acceptors (Lipinski definition) is 3. The minimum atomic E-state index is 0.0638. The summed E-state index contributed by atoms with van der Waals surface area (Å²) in [5.74, 6) is 0.165. The van der Waals surface area contributed by atoms with Crippen molar-refractivity contribution in [3.63, 3.8) is 0 Å². The van der Waals surface area contributed by atoms with Crippen molar-refractivity contribution in [3.8, 4) is 22.6 Å². The maximum Gasteiger partial charge on any atom is 0.146 e. The second kappa shape index (κ2) is 9.75. The molecule has 3 aromatic carbocycles. The van der Waals surface area contributed by atoms with Crippen LogP contribution >= 0.6 is 23.2 Å². The summed E-state index contributed by atoms with van der Waals surface area (Å²) < 4.78 is 0. The molecule has 3 rings (SSSR count). The first-order valence-corrected chi connectivity index (χ1v) is 10.3. The molecular weight excluding hydrogens is 417 g/mol. The second-order valence-corrected chi connectivity index (χ2v) is 7.79. The van der Waals surface area contributed by atoms with Crippen molar-refractivity contribution in [2.45, 2.75) is 19.4 Å². The SMILES string of the molecule is C=CCc1ccc(O)c(-c2cc(CC=C)cc(NCc3ccc(Cl)c(Cl)c3)c2O)c1. The van der Waals surface area contributed by atoms with Crippen molar-refractivity contribution in [2.24, 2.45) is 0 Å². The van der Waals surface area contributed by atoms with E-state index < -0.39 is 0 Å². The molecule has 0 spiro atoms. The Morgan fingerprint density at radius 2 is 1.43 bits per heavy atom. The molecule has 30 heavy (non-hydrogen) atoms. The lowest BCUT2D eigenvalue weighted by molar-refractivity contribution is 0.470. The predicted octanol–water partition coefficient (Wildman–Crippen LogP) is 7.14. The Labute approximate surface area is 186 Å². The van der Waals surface area contributed by atoms with E-state index >= 15 is 0 Å². The van der Waals surface area contributed by atoms with Crippen molar-refractivity contribution >= 4 is 28.9 Å². The van der Waals surface area contributed by atoms with E-state index in [0.29, 0.717) is 46.2 Å². The molecule has 0 atom stereocenters. The number of phenolic OH excluding ortho intramolecular Hbond substituents is 2. The van der Waals surface area contributed by atoms with E-state index in [4.69, 9.17) is 23.2 Å². The zero-order valence-electron chi connectivity index (χ0n) is 16.5. The summed E-state index contributed by atoms with van der Waals surface area (Å²) in [5.41, 5.74) is 4.56. The lowest BCUT2D eigenvalue weighted by Crippen LogP contribution is -2.01. The van der Waals surface area contributed by atoms with Gasteiger partial charge < -0.3 is 15.5 Å². The van der Waals surface area contributed by atoms with Gasteiger partial charge in [-0.15, -0.1) is 13.2 Å². The molecule has 0 saturated heterocycles. The molecule has 0 aromatic heterocycles. The molecule has 0 aliphatic carbocycles. The van der Waals surface area contributed by atoms with Crippen LogP contribution in [0.3, 0.4) is 0 Å². The summed E-state index contributed by atoms with van der Waals surface area (Å²) in [7, 11) is 0. The molecule has 0 bridgehead atoms. The first-order chi connectivity index (χ1) is 14.4. The van der Waals surface area contributed by atoms with E-state index in [0.717, 1.165) is 16.7 Å². The Kier molecular flexibility index (Phi) is 7.09. The first kappa shape index (κ1) is 21.8. The largest absolute Gasteiger partial charge is 0.507 e. The molecule has 0 aliphatic heterocycles. The van der Waals surface area contributed by atoms with Crippen LogP contribution in [0.15, 0.2) is 73.8 Å². The van der Waals surface area contributed by atoms with E-state index in [1.54, 1.807) is 30.4 Å². The van der Waals surface area contributed by atoms with E-state index in [-0.39, 0.29) is 11.5 Å². The smallest absolute Gasteiger partial charge is 0.146 e. The molecule has 0 saturated carbocycles. The highest BCUT2D eigenvalue weighted by Crippen LogP contribution is 2.41. The average Bonchev–Trinajstić information content (AvgIpc) is 2.72. The van der Waals surface area contributed by atoms with Gasteiger partial charge in [0.2, 0.25) is 0 Å². The second-order valence-electron chi connectivity index (χ2n) is 6.98. The highest BCUT2D eigenvalue weighted by molar-refractivity contribution is 6.42. The van der Waals surface area contributed by atoms with E-state index in [2.05, 4.69) is 18.5 Å². The van der Waals surface area contributed by atoms with Crippen LogP contribution in [-0.4, -0.2) is 10.2 Å². The van der Waals surface area contributed by atoms with Gasteiger partial charge in [0.1, 0.15) is 11.5 Å². The van der Waals surface area contributed by atoms with Crippen LogP contribution in [0.2, 0.25) is 10.0 Å². The molecular formula is C25H23Cl2NO2. The van der Waals surface area contributed by atoms with E-state index in [9.17, 15) is 10.2 Å². The molecule has 3 nitrogen and oxygen atoms in total. The Morgan fingerprint density at radius 1 is 0.767 bits per heavy atom. The fourth-order valence-corrected chi connectivity index (χ4v) is 3.58. The molecule has 3 aromatic rings. The summed E-state index contributed by atoms with van der Waals surface area (Å²) >= 11 is 12.1. The quantitative estimate of drug-likeness (QED) is 0.258. The van der Waals surface area contributed by atoms with Gasteiger partial charge in [0.25, 0.3) is 0 Å². The molecule has 0 fully saturated rings. The number of nitrogens with one attached hydrogen (secondary N) is 1. The molecule has 3 N–H and O–H groups in total. The number of rotatable bonds is 8. The Morgan fingerprint density at radius 3 is 2.13 bits per heavy atom. The van der Waals surface area contributed by atoms with Crippen molar-refractivity contribution in [3.05, 3.63) is 101 Å². The number of hydrogen-bond donors (Lipinski definition) is 3. The van der Waals surface area contributed by atoms with E-state index in [1.165, 1.54) is 0 Å². The fourth-order valence-electron chi connectivity index (χ4n) is 3.26. The highest BCUT2D eigenvalue weighted by Gasteiger charge is 2.15. The predicted molar refractivity (Wildman–Crippen MR) is 127 cm³/mol. The standard InChI is InChI=1S/C25H23Cl2NO2/c1-3-5-16-8-10-24(29)19(11-16)20-12-17(6-4-2)14-23(25(20)30)28-15-18-7-9-21(26)22(27)13-18/h3-4,7-14,28-30H,1-2,5-6,15H2. The lowest BCUT2D eigenvalue weighted by Gasteiger charge is -2.16. The third-order valence-corrected chi connectivity index (χ3v) is 5.49. The Balaban J connectivity index is 2.01. The van der Waals surface area contributed by atoms with Gasteiger partial charge in [0.15, 0.2) is 0 Å². The normalized spacial score (nSPS) is 10.6. The number of phenols is 2. The highest BCUT2D eigenvalue weighted by atomic mass is 35.5. The summed E-state index contributed by atoms with van der Waals surface area (Å²) in [4.78, 5) is 0. The number of anilines is 1. The number of benzene rings is 3. The number of allylic oxidation sites excluding steroid dienone is 2.